The molecule has 1 unspecified atom stereocenters. The van der Waals surface area contributed by atoms with Crippen molar-refractivity contribution in [3.63, 3.8) is 0 Å². The number of thiophene rings is 1. The Balaban J connectivity index is 1.67. The van der Waals surface area contributed by atoms with Crippen LogP contribution in [0.5, 0.6) is 0 Å². The first kappa shape index (κ1) is 13.7. The Kier molecular flexibility index (Phi) is 2.93. The van der Waals surface area contributed by atoms with Gasteiger partial charge in [-0.25, -0.2) is 0 Å². The predicted octanol–water partition coefficient (Wildman–Crippen LogP) is 3.94. The minimum Gasteiger partial charge on any atom is -0.322 e. The molecule has 3 aromatic heterocycles. The second-order valence-corrected chi connectivity index (χ2v) is 6.83. The van der Waals surface area contributed by atoms with E-state index < -0.39 is 0 Å². The molecule has 118 valence electrons. The number of anilines is 2. The van der Waals surface area contributed by atoms with Gasteiger partial charge >= 0.3 is 0 Å². The van der Waals surface area contributed by atoms with Crippen LogP contribution >= 0.6 is 11.3 Å². The molecule has 1 aromatic carbocycles. The van der Waals surface area contributed by atoms with Gasteiger partial charge in [0.1, 0.15) is 0 Å². The number of hydrogen-bond donors (Lipinski definition) is 0. The first-order valence-electron chi connectivity index (χ1n) is 7.93. The van der Waals surface area contributed by atoms with Crippen molar-refractivity contribution in [2.24, 2.45) is 0 Å². The maximum absolute atomic E-state index is 4.84. The summed E-state index contributed by atoms with van der Waals surface area (Å²) in [5, 5.41) is 17.5. The molecule has 4 aromatic rings. The van der Waals surface area contributed by atoms with Crippen molar-refractivity contribution < 1.29 is 0 Å². The maximum Gasteiger partial charge on any atom is 0.186 e. The summed E-state index contributed by atoms with van der Waals surface area (Å²) < 4.78 is 1.84. The van der Waals surface area contributed by atoms with E-state index in [2.05, 4.69) is 51.7 Å². The molecule has 0 bridgehead atoms. The topological polar surface area (TPSA) is 46.3 Å². The van der Waals surface area contributed by atoms with Gasteiger partial charge in [0.2, 0.25) is 0 Å². The molecule has 5 rings (SSSR count). The van der Waals surface area contributed by atoms with Crippen molar-refractivity contribution in [3.8, 4) is 11.4 Å². The molecule has 0 spiro atoms. The fourth-order valence-electron chi connectivity index (χ4n) is 3.39. The van der Waals surface area contributed by atoms with Crippen molar-refractivity contribution >= 4 is 28.5 Å². The van der Waals surface area contributed by atoms with Crippen LogP contribution in [0.1, 0.15) is 12.5 Å². The quantitative estimate of drug-likeness (QED) is 0.557. The van der Waals surface area contributed by atoms with Gasteiger partial charge in [0.15, 0.2) is 17.3 Å². The van der Waals surface area contributed by atoms with Crippen molar-refractivity contribution in [2.75, 3.05) is 4.90 Å². The van der Waals surface area contributed by atoms with E-state index in [0.717, 1.165) is 29.3 Å². The summed E-state index contributed by atoms with van der Waals surface area (Å²) in [4.78, 5) is 2.30. The van der Waals surface area contributed by atoms with Gasteiger partial charge in [0.25, 0.3) is 0 Å². The summed E-state index contributed by atoms with van der Waals surface area (Å²) in [5.41, 5.74) is 4.42. The molecular weight excluding hydrogens is 318 g/mol. The van der Waals surface area contributed by atoms with Crippen molar-refractivity contribution in [3.05, 3.63) is 58.8 Å². The minimum atomic E-state index is 0.383. The molecule has 5 nitrogen and oxygen atoms in total. The Bertz CT molecular complexity index is 1020. The number of hydrogen-bond acceptors (Lipinski definition) is 5. The SMILES string of the molecule is CC1Cc2ccccc2N1c1ccc2nnc(-c3ccsc3)n2n1. The van der Waals surface area contributed by atoms with E-state index in [1.807, 2.05) is 28.1 Å². The van der Waals surface area contributed by atoms with Gasteiger partial charge in [-0.1, -0.05) is 18.2 Å². The minimum absolute atomic E-state index is 0.383. The maximum atomic E-state index is 4.84. The van der Waals surface area contributed by atoms with Crippen molar-refractivity contribution in [2.45, 2.75) is 19.4 Å². The molecule has 0 radical (unpaired) electrons. The Morgan fingerprint density at radius 1 is 1.08 bits per heavy atom. The Morgan fingerprint density at radius 3 is 2.88 bits per heavy atom. The second kappa shape index (κ2) is 5.14. The van der Waals surface area contributed by atoms with Crippen LogP contribution in [0, 0.1) is 0 Å². The zero-order chi connectivity index (χ0) is 16.1. The van der Waals surface area contributed by atoms with Gasteiger partial charge in [0, 0.05) is 22.7 Å². The average Bonchev–Trinajstić information content (AvgIpc) is 3.31. The van der Waals surface area contributed by atoms with E-state index in [1.165, 1.54) is 11.3 Å². The van der Waals surface area contributed by atoms with Crippen molar-refractivity contribution in [1.29, 1.82) is 0 Å². The first-order valence-corrected chi connectivity index (χ1v) is 8.88. The van der Waals surface area contributed by atoms with Crippen LogP contribution in [0.2, 0.25) is 0 Å². The van der Waals surface area contributed by atoms with Crippen LogP contribution in [-0.2, 0) is 6.42 Å². The highest BCUT2D eigenvalue weighted by Crippen LogP contribution is 2.37. The molecule has 1 aliphatic heterocycles. The number of nitrogens with zero attached hydrogens (tertiary/aromatic N) is 5. The fourth-order valence-corrected chi connectivity index (χ4v) is 4.03. The van der Waals surface area contributed by atoms with E-state index in [1.54, 1.807) is 11.3 Å². The Hall–Kier alpha value is -2.73. The molecule has 0 N–H and O–H groups in total. The third-order valence-electron chi connectivity index (χ3n) is 4.48. The van der Waals surface area contributed by atoms with Gasteiger partial charge in [-0.05, 0) is 48.6 Å². The summed E-state index contributed by atoms with van der Waals surface area (Å²) in [5.74, 6) is 1.71. The van der Waals surface area contributed by atoms with Gasteiger partial charge < -0.3 is 4.90 Å². The lowest BCUT2D eigenvalue weighted by Crippen LogP contribution is -2.25. The fraction of sp³-hybridized carbons (Fsp3) is 0.167. The largest absolute Gasteiger partial charge is 0.322 e. The summed E-state index contributed by atoms with van der Waals surface area (Å²) in [6.07, 6.45) is 1.04. The second-order valence-electron chi connectivity index (χ2n) is 6.05. The van der Waals surface area contributed by atoms with Gasteiger partial charge in [0.05, 0.1) is 0 Å². The monoisotopic (exact) mass is 333 g/mol. The number of para-hydroxylation sites is 1. The molecular formula is C18H15N5S. The van der Waals surface area contributed by atoms with Crippen molar-refractivity contribution in [1.82, 2.24) is 19.8 Å². The predicted molar refractivity (Wildman–Crippen MR) is 95.8 cm³/mol. The molecule has 0 amide bonds. The molecule has 4 heterocycles. The molecule has 0 aliphatic carbocycles. The van der Waals surface area contributed by atoms with Crippen LogP contribution < -0.4 is 4.90 Å². The first-order chi connectivity index (χ1) is 11.8. The van der Waals surface area contributed by atoms with Gasteiger partial charge in [-0.15, -0.1) is 15.3 Å². The zero-order valence-electron chi connectivity index (χ0n) is 13.1. The van der Waals surface area contributed by atoms with E-state index in [-0.39, 0.29) is 0 Å². The van der Waals surface area contributed by atoms with E-state index in [9.17, 15) is 0 Å². The normalized spacial score (nSPS) is 16.7. The molecule has 1 atom stereocenters. The average molecular weight is 333 g/mol. The number of rotatable bonds is 2. The van der Waals surface area contributed by atoms with Crippen LogP contribution in [0.25, 0.3) is 17.0 Å². The van der Waals surface area contributed by atoms with Crippen LogP contribution in [0.15, 0.2) is 53.2 Å². The number of aromatic nitrogens is 4. The lowest BCUT2D eigenvalue weighted by Gasteiger charge is -2.23. The van der Waals surface area contributed by atoms with E-state index in [4.69, 9.17) is 5.10 Å². The van der Waals surface area contributed by atoms with Gasteiger partial charge in [-0.3, -0.25) is 0 Å². The number of benzene rings is 1. The highest BCUT2D eigenvalue weighted by atomic mass is 32.1. The third-order valence-corrected chi connectivity index (χ3v) is 5.17. The van der Waals surface area contributed by atoms with Crippen LogP contribution in [0.3, 0.4) is 0 Å². The lowest BCUT2D eigenvalue weighted by atomic mass is 10.1. The summed E-state index contributed by atoms with van der Waals surface area (Å²) in [6.45, 7) is 2.23. The Labute approximate surface area is 143 Å². The van der Waals surface area contributed by atoms with Crippen LogP contribution in [0.4, 0.5) is 11.5 Å². The molecule has 6 heteroatoms. The van der Waals surface area contributed by atoms with E-state index in [0.29, 0.717) is 6.04 Å². The summed E-state index contributed by atoms with van der Waals surface area (Å²) >= 11 is 1.65. The molecule has 0 saturated heterocycles. The summed E-state index contributed by atoms with van der Waals surface area (Å²) in [6, 6.07) is 15.0. The lowest BCUT2D eigenvalue weighted by molar-refractivity contribution is 0.739. The molecule has 24 heavy (non-hydrogen) atoms. The number of fused-ring (bicyclic) bond motifs is 2. The molecule has 0 fully saturated rings. The van der Waals surface area contributed by atoms with E-state index >= 15 is 0 Å². The molecule has 0 saturated carbocycles. The van der Waals surface area contributed by atoms with Gasteiger partial charge in [-0.2, -0.15) is 15.9 Å². The van der Waals surface area contributed by atoms with Crippen LogP contribution in [-0.4, -0.2) is 25.9 Å². The smallest absolute Gasteiger partial charge is 0.186 e. The highest BCUT2D eigenvalue weighted by molar-refractivity contribution is 7.08. The summed E-state index contributed by atoms with van der Waals surface area (Å²) in [7, 11) is 0. The third kappa shape index (κ3) is 1.96. The standard InChI is InChI=1S/C18H15N5S/c1-12-10-13-4-2-3-5-15(13)22(12)17-7-6-16-19-20-18(23(16)21-17)14-8-9-24-11-14/h2-9,11-12H,10H2,1H3. The molecule has 1 aliphatic rings. The Morgan fingerprint density at radius 2 is 2.00 bits per heavy atom. The highest BCUT2D eigenvalue weighted by Gasteiger charge is 2.28. The zero-order valence-corrected chi connectivity index (χ0v) is 13.9.